The van der Waals surface area contributed by atoms with E-state index in [9.17, 15) is 22.8 Å². The molecule has 1 amide bonds. The van der Waals surface area contributed by atoms with Gasteiger partial charge < -0.3 is 9.84 Å². The monoisotopic (exact) mass is 296 g/mol. The van der Waals surface area contributed by atoms with Gasteiger partial charge in [0, 0.05) is 0 Å². The molecule has 104 valence electrons. The molecule has 0 saturated carbocycles. The number of aromatic carboxylic acids is 1. The van der Waals surface area contributed by atoms with E-state index in [2.05, 4.69) is 4.98 Å². The van der Waals surface area contributed by atoms with E-state index in [4.69, 9.17) is 9.84 Å². The zero-order chi connectivity index (χ0) is 14.2. The SMILES string of the molecule is O=C(O)c1nc(C(F)(F)F)sc1N1CCOCC1=O. The van der Waals surface area contributed by atoms with Gasteiger partial charge >= 0.3 is 12.1 Å². The van der Waals surface area contributed by atoms with Gasteiger partial charge in [-0.15, -0.1) is 0 Å². The first kappa shape index (κ1) is 13.7. The number of carbonyl (C=O) groups is 2. The van der Waals surface area contributed by atoms with E-state index in [-0.39, 0.29) is 36.1 Å². The molecule has 0 atom stereocenters. The summed E-state index contributed by atoms with van der Waals surface area (Å²) >= 11 is 0.138. The predicted octanol–water partition coefficient (Wildman–Crippen LogP) is 1.22. The van der Waals surface area contributed by atoms with Crippen LogP contribution in [0.5, 0.6) is 0 Å². The molecule has 1 aliphatic rings. The number of carboxylic acid groups (broad SMARTS) is 1. The van der Waals surface area contributed by atoms with Crippen molar-refractivity contribution >= 4 is 28.2 Å². The smallest absolute Gasteiger partial charge is 0.443 e. The second-order valence-electron chi connectivity index (χ2n) is 3.57. The second-order valence-corrected chi connectivity index (χ2v) is 4.55. The van der Waals surface area contributed by atoms with Crippen LogP contribution in [0.1, 0.15) is 15.5 Å². The molecule has 1 N–H and O–H groups in total. The number of aromatic nitrogens is 1. The largest absolute Gasteiger partial charge is 0.476 e. The van der Waals surface area contributed by atoms with Gasteiger partial charge in [-0.2, -0.15) is 13.2 Å². The molecule has 1 aliphatic heterocycles. The fourth-order valence-corrected chi connectivity index (χ4v) is 2.46. The van der Waals surface area contributed by atoms with Gasteiger partial charge in [-0.05, 0) is 0 Å². The van der Waals surface area contributed by atoms with Crippen molar-refractivity contribution in [2.75, 3.05) is 24.7 Å². The topological polar surface area (TPSA) is 79.7 Å². The summed E-state index contributed by atoms with van der Waals surface area (Å²) in [6.45, 7) is -0.166. The highest BCUT2D eigenvalue weighted by atomic mass is 32.1. The lowest BCUT2D eigenvalue weighted by Crippen LogP contribution is -2.41. The van der Waals surface area contributed by atoms with Crippen LogP contribution in [0, 0.1) is 0 Å². The number of carbonyl (C=O) groups excluding carboxylic acids is 1. The first-order valence-corrected chi connectivity index (χ1v) is 5.82. The van der Waals surface area contributed by atoms with Crippen molar-refractivity contribution in [2.45, 2.75) is 6.18 Å². The van der Waals surface area contributed by atoms with Crippen molar-refractivity contribution in [1.29, 1.82) is 0 Å². The van der Waals surface area contributed by atoms with E-state index in [1.807, 2.05) is 0 Å². The highest BCUT2D eigenvalue weighted by Crippen LogP contribution is 2.38. The lowest BCUT2D eigenvalue weighted by atomic mass is 10.3. The van der Waals surface area contributed by atoms with Gasteiger partial charge in [-0.1, -0.05) is 11.3 Å². The number of morpholine rings is 1. The van der Waals surface area contributed by atoms with Crippen molar-refractivity contribution in [2.24, 2.45) is 0 Å². The molecule has 0 spiro atoms. The molecule has 1 fully saturated rings. The van der Waals surface area contributed by atoms with Crippen LogP contribution >= 0.6 is 11.3 Å². The third-order valence-electron chi connectivity index (χ3n) is 2.29. The highest BCUT2D eigenvalue weighted by Gasteiger charge is 2.39. The third-order valence-corrected chi connectivity index (χ3v) is 3.41. The van der Waals surface area contributed by atoms with Crippen LogP contribution in [0.25, 0.3) is 0 Å². The molecule has 1 aromatic rings. The molecular formula is C9H7F3N2O4S. The Morgan fingerprint density at radius 1 is 1.47 bits per heavy atom. The van der Waals surface area contributed by atoms with Crippen molar-refractivity contribution in [3.63, 3.8) is 0 Å². The number of thiazole rings is 1. The predicted molar refractivity (Wildman–Crippen MR) is 57.2 cm³/mol. The van der Waals surface area contributed by atoms with Crippen molar-refractivity contribution in [1.82, 2.24) is 4.98 Å². The van der Waals surface area contributed by atoms with Crippen LogP contribution in [0.3, 0.4) is 0 Å². The Kier molecular flexibility index (Phi) is 3.45. The Hall–Kier alpha value is -1.68. The minimum Gasteiger partial charge on any atom is -0.476 e. The minimum atomic E-state index is -4.75. The number of anilines is 1. The Morgan fingerprint density at radius 3 is 2.68 bits per heavy atom. The zero-order valence-corrected chi connectivity index (χ0v) is 10.0. The number of amides is 1. The molecule has 1 aromatic heterocycles. The number of hydrogen-bond donors (Lipinski definition) is 1. The molecule has 0 bridgehead atoms. The normalized spacial score (nSPS) is 16.8. The summed E-state index contributed by atoms with van der Waals surface area (Å²) in [6.07, 6.45) is -4.75. The standard InChI is InChI=1S/C9H7F3N2O4S/c10-9(11,12)8-13-5(7(16)17)6(19-8)14-1-2-18-3-4(14)15/h1-3H2,(H,16,17). The van der Waals surface area contributed by atoms with E-state index >= 15 is 0 Å². The average molecular weight is 296 g/mol. The quantitative estimate of drug-likeness (QED) is 0.887. The molecule has 0 unspecified atom stereocenters. The van der Waals surface area contributed by atoms with Gasteiger partial charge in [0.05, 0.1) is 13.2 Å². The average Bonchev–Trinajstić information content (AvgIpc) is 2.74. The molecule has 19 heavy (non-hydrogen) atoms. The fraction of sp³-hybridized carbons (Fsp3) is 0.444. The minimum absolute atomic E-state index is 0.00139. The van der Waals surface area contributed by atoms with Gasteiger partial charge in [0.1, 0.15) is 11.6 Å². The lowest BCUT2D eigenvalue weighted by molar-refractivity contribution is -0.137. The van der Waals surface area contributed by atoms with Crippen molar-refractivity contribution < 1.29 is 32.6 Å². The summed E-state index contributed by atoms with van der Waals surface area (Å²) in [5.74, 6) is -2.20. The zero-order valence-electron chi connectivity index (χ0n) is 9.23. The first-order chi connectivity index (χ1) is 8.80. The molecule has 6 nitrogen and oxygen atoms in total. The van der Waals surface area contributed by atoms with Crippen LogP contribution in [0.15, 0.2) is 0 Å². The van der Waals surface area contributed by atoms with Crippen molar-refractivity contribution in [3.05, 3.63) is 10.7 Å². The summed E-state index contributed by atoms with van der Waals surface area (Å²) < 4.78 is 42.4. The molecule has 1 saturated heterocycles. The number of rotatable bonds is 2. The number of ether oxygens (including phenoxy) is 1. The molecule has 0 radical (unpaired) electrons. The second kappa shape index (κ2) is 4.78. The van der Waals surface area contributed by atoms with E-state index in [1.54, 1.807) is 0 Å². The maximum atomic E-state index is 12.5. The van der Waals surface area contributed by atoms with E-state index in [1.165, 1.54) is 0 Å². The maximum Gasteiger partial charge on any atom is 0.443 e. The molecular weight excluding hydrogens is 289 g/mol. The maximum absolute atomic E-state index is 12.5. The summed E-state index contributed by atoms with van der Waals surface area (Å²) in [7, 11) is 0. The Morgan fingerprint density at radius 2 is 2.16 bits per heavy atom. The Labute approximate surface area is 108 Å². The van der Waals surface area contributed by atoms with Crippen molar-refractivity contribution in [3.8, 4) is 0 Å². The Bertz CT molecular complexity index is 528. The summed E-state index contributed by atoms with van der Waals surface area (Å²) in [4.78, 5) is 26.5. The number of nitrogens with zero attached hydrogens (tertiary/aromatic N) is 2. The van der Waals surface area contributed by atoms with Gasteiger partial charge in [-0.25, -0.2) is 9.78 Å². The number of hydrogen-bond acceptors (Lipinski definition) is 5. The highest BCUT2D eigenvalue weighted by molar-refractivity contribution is 7.16. The Balaban J connectivity index is 2.46. The number of halogens is 3. The fourth-order valence-electron chi connectivity index (χ4n) is 1.49. The summed E-state index contributed by atoms with van der Waals surface area (Å²) in [6, 6.07) is 0. The summed E-state index contributed by atoms with van der Waals surface area (Å²) in [5.41, 5.74) is -0.771. The van der Waals surface area contributed by atoms with Crippen LogP contribution in [0.4, 0.5) is 18.2 Å². The van der Waals surface area contributed by atoms with Crippen LogP contribution in [-0.4, -0.2) is 41.7 Å². The van der Waals surface area contributed by atoms with E-state index in [0.717, 1.165) is 4.90 Å². The molecule has 0 aromatic carbocycles. The van der Waals surface area contributed by atoms with E-state index in [0.29, 0.717) is 0 Å². The van der Waals surface area contributed by atoms with Crippen LogP contribution in [-0.2, 0) is 15.7 Å². The van der Waals surface area contributed by atoms with E-state index < -0.39 is 28.8 Å². The number of alkyl halides is 3. The number of carboxylic acids is 1. The lowest BCUT2D eigenvalue weighted by Gasteiger charge is -2.25. The van der Waals surface area contributed by atoms with Gasteiger partial charge in [0.15, 0.2) is 5.69 Å². The van der Waals surface area contributed by atoms with Gasteiger partial charge in [0.2, 0.25) is 5.01 Å². The molecule has 10 heteroatoms. The summed E-state index contributed by atoms with van der Waals surface area (Å²) in [5, 5.41) is 7.26. The van der Waals surface area contributed by atoms with Gasteiger partial charge in [0.25, 0.3) is 5.91 Å². The molecule has 2 rings (SSSR count). The first-order valence-electron chi connectivity index (χ1n) is 5.00. The third kappa shape index (κ3) is 2.68. The van der Waals surface area contributed by atoms with Gasteiger partial charge in [-0.3, -0.25) is 9.69 Å². The van der Waals surface area contributed by atoms with Crippen LogP contribution < -0.4 is 4.90 Å². The molecule has 2 heterocycles. The van der Waals surface area contributed by atoms with Crippen LogP contribution in [0.2, 0.25) is 0 Å². The molecule has 0 aliphatic carbocycles.